The van der Waals surface area contributed by atoms with E-state index in [1.807, 2.05) is 13.8 Å². The second-order valence-electron chi connectivity index (χ2n) is 10.6. The summed E-state index contributed by atoms with van der Waals surface area (Å²) in [7, 11) is 0. The summed E-state index contributed by atoms with van der Waals surface area (Å²) >= 11 is 0. The Morgan fingerprint density at radius 2 is 1.58 bits per heavy atom. The van der Waals surface area contributed by atoms with Gasteiger partial charge in [-0.05, 0) is 106 Å². The van der Waals surface area contributed by atoms with Crippen LogP contribution in [0.15, 0.2) is 0 Å². The first-order chi connectivity index (χ1) is 11.2. The molecular weight excluding hydrogens is 296 g/mol. The van der Waals surface area contributed by atoms with Gasteiger partial charge in [0, 0.05) is 5.92 Å². The van der Waals surface area contributed by atoms with Gasteiger partial charge in [0.05, 0.1) is 5.60 Å². The quantitative estimate of drug-likeness (QED) is 0.735. The molecule has 0 radical (unpaired) electrons. The maximum absolute atomic E-state index is 12.2. The van der Waals surface area contributed by atoms with E-state index in [4.69, 9.17) is 0 Å². The van der Waals surface area contributed by atoms with Gasteiger partial charge in [0.1, 0.15) is 5.78 Å². The number of Topliss-reactive ketones (excluding diaryl/α,β-unsaturated/α-hetero) is 1. The molecule has 0 saturated heterocycles. The normalized spacial score (nSPS) is 57.0. The molecule has 0 amide bonds. The molecule has 4 saturated carbocycles. The second-order valence-corrected chi connectivity index (χ2v) is 10.6. The van der Waals surface area contributed by atoms with E-state index in [0.29, 0.717) is 23.0 Å². The molecule has 8 atom stereocenters. The molecule has 4 rings (SSSR count). The van der Waals surface area contributed by atoms with Crippen molar-refractivity contribution in [2.75, 3.05) is 0 Å². The van der Waals surface area contributed by atoms with Crippen LogP contribution in [0.25, 0.3) is 0 Å². The van der Waals surface area contributed by atoms with Crippen molar-refractivity contribution in [3.63, 3.8) is 0 Å². The predicted molar refractivity (Wildman–Crippen MR) is 96.5 cm³/mol. The maximum Gasteiger partial charge on any atom is 0.133 e. The Hall–Kier alpha value is -0.370. The summed E-state index contributed by atoms with van der Waals surface area (Å²) in [5.41, 5.74) is 0.268. The molecule has 0 aliphatic heterocycles. The van der Waals surface area contributed by atoms with Gasteiger partial charge in [-0.2, -0.15) is 0 Å². The predicted octanol–water partition coefficient (Wildman–Crippen LogP) is 4.99. The Morgan fingerprint density at radius 1 is 0.875 bits per heavy atom. The highest BCUT2D eigenvalue weighted by Gasteiger charge is 2.61. The molecule has 0 bridgehead atoms. The molecule has 0 aromatic rings. The van der Waals surface area contributed by atoms with E-state index in [2.05, 4.69) is 13.8 Å². The zero-order valence-electron chi connectivity index (χ0n) is 16.1. The minimum atomic E-state index is -0.437. The van der Waals surface area contributed by atoms with Crippen molar-refractivity contribution in [3.05, 3.63) is 0 Å². The average Bonchev–Trinajstić information content (AvgIpc) is 2.85. The highest BCUT2D eigenvalue weighted by Crippen LogP contribution is 2.68. The molecule has 24 heavy (non-hydrogen) atoms. The van der Waals surface area contributed by atoms with Crippen LogP contribution < -0.4 is 0 Å². The Labute approximate surface area is 147 Å². The largest absolute Gasteiger partial charge is 0.390 e. The Kier molecular flexibility index (Phi) is 3.78. The van der Waals surface area contributed by atoms with Gasteiger partial charge in [-0.15, -0.1) is 0 Å². The minimum absolute atomic E-state index is 0.274. The molecule has 0 unspecified atom stereocenters. The van der Waals surface area contributed by atoms with Crippen LogP contribution >= 0.6 is 0 Å². The van der Waals surface area contributed by atoms with Crippen molar-refractivity contribution in [1.29, 1.82) is 0 Å². The number of aliphatic hydroxyl groups is 1. The average molecular weight is 333 g/mol. The number of carbonyl (C=O) groups excluding carboxylic acids is 1. The summed E-state index contributed by atoms with van der Waals surface area (Å²) in [6.07, 6.45) is 10.8. The van der Waals surface area contributed by atoms with Gasteiger partial charge in [0.15, 0.2) is 0 Å². The van der Waals surface area contributed by atoms with E-state index in [1.54, 1.807) is 0 Å². The van der Waals surface area contributed by atoms with E-state index >= 15 is 0 Å². The van der Waals surface area contributed by atoms with Crippen molar-refractivity contribution < 1.29 is 9.90 Å². The monoisotopic (exact) mass is 332 g/mol. The molecule has 4 aliphatic carbocycles. The lowest BCUT2D eigenvalue weighted by molar-refractivity contribution is -0.150. The van der Waals surface area contributed by atoms with Crippen molar-refractivity contribution in [3.8, 4) is 0 Å². The van der Waals surface area contributed by atoms with Crippen molar-refractivity contribution >= 4 is 5.78 Å². The number of fused-ring (bicyclic) bond motifs is 5. The van der Waals surface area contributed by atoms with Crippen LogP contribution in [-0.4, -0.2) is 16.5 Å². The molecule has 4 aliphatic rings. The Bertz CT molecular complexity index is 538. The zero-order chi connectivity index (χ0) is 17.3. The van der Waals surface area contributed by atoms with E-state index in [-0.39, 0.29) is 5.41 Å². The molecule has 0 spiro atoms. The van der Waals surface area contributed by atoms with E-state index < -0.39 is 5.60 Å². The first-order valence-electron chi connectivity index (χ1n) is 10.4. The van der Waals surface area contributed by atoms with Gasteiger partial charge in [-0.3, -0.25) is 4.79 Å². The topological polar surface area (TPSA) is 37.3 Å². The maximum atomic E-state index is 12.2. The van der Waals surface area contributed by atoms with E-state index in [9.17, 15) is 9.90 Å². The molecule has 2 heteroatoms. The van der Waals surface area contributed by atoms with Gasteiger partial charge in [0.2, 0.25) is 0 Å². The van der Waals surface area contributed by atoms with Crippen molar-refractivity contribution in [2.45, 2.75) is 91.1 Å². The fraction of sp³-hybridized carbons (Fsp3) is 0.955. The first-order valence-corrected chi connectivity index (χ1v) is 10.4. The van der Waals surface area contributed by atoms with Crippen LogP contribution in [0.2, 0.25) is 0 Å². The zero-order valence-corrected chi connectivity index (χ0v) is 16.1. The molecule has 4 fully saturated rings. The SMILES string of the molecule is CC(=O)[C@H]1CC[C@@H]2[C@@H]3CC[C@H]4C[C@](C)(O)CC[C@]4(C)[C@@H]3CC[C@]12C. The highest BCUT2D eigenvalue weighted by molar-refractivity contribution is 5.79. The fourth-order valence-electron chi connectivity index (χ4n) is 8.10. The molecule has 0 aromatic heterocycles. The summed E-state index contributed by atoms with van der Waals surface area (Å²) in [4.78, 5) is 12.2. The molecule has 0 heterocycles. The number of carbonyl (C=O) groups is 1. The molecule has 2 nitrogen and oxygen atoms in total. The Morgan fingerprint density at radius 3 is 2.29 bits per heavy atom. The minimum Gasteiger partial charge on any atom is -0.390 e. The van der Waals surface area contributed by atoms with Crippen molar-refractivity contribution in [2.24, 2.45) is 40.4 Å². The summed E-state index contributed by atoms with van der Waals surface area (Å²) in [5.74, 6) is 3.89. The number of hydrogen-bond donors (Lipinski definition) is 1. The molecule has 136 valence electrons. The molecule has 0 aromatic carbocycles. The summed E-state index contributed by atoms with van der Waals surface area (Å²) in [5, 5.41) is 10.6. The van der Waals surface area contributed by atoms with Gasteiger partial charge < -0.3 is 5.11 Å². The van der Waals surface area contributed by atoms with Gasteiger partial charge in [0.25, 0.3) is 0 Å². The molecular formula is C22H36O2. The summed E-state index contributed by atoms with van der Waals surface area (Å²) in [6, 6.07) is 0. The first kappa shape index (κ1) is 17.1. The van der Waals surface area contributed by atoms with Crippen LogP contribution in [0, 0.1) is 40.4 Å². The van der Waals surface area contributed by atoms with E-state index in [0.717, 1.165) is 37.0 Å². The third-order valence-corrected chi connectivity index (χ3v) is 9.44. The lowest BCUT2D eigenvalue weighted by Crippen LogP contribution is -2.55. The Balaban J connectivity index is 1.61. The third kappa shape index (κ3) is 2.27. The van der Waals surface area contributed by atoms with E-state index in [1.165, 1.54) is 38.5 Å². The van der Waals surface area contributed by atoms with Gasteiger partial charge in [-0.1, -0.05) is 13.8 Å². The highest BCUT2D eigenvalue weighted by atomic mass is 16.3. The smallest absolute Gasteiger partial charge is 0.133 e. The standard InChI is InChI=1S/C22H36O2/c1-14(23)17-7-8-18-16-6-5-15-13-20(2,24)11-12-21(15,3)19(16)9-10-22(17,18)4/h15-19,24H,5-13H2,1-4H3/t15-,16-,17+,18+,19+,20+,21-,22+/m0/s1. The van der Waals surface area contributed by atoms with Crippen LogP contribution in [0.4, 0.5) is 0 Å². The fourth-order valence-corrected chi connectivity index (χ4v) is 8.10. The lowest BCUT2D eigenvalue weighted by atomic mass is 9.44. The van der Waals surface area contributed by atoms with Crippen LogP contribution in [0.1, 0.15) is 85.5 Å². The summed E-state index contributed by atoms with van der Waals surface area (Å²) < 4.78 is 0. The third-order valence-electron chi connectivity index (χ3n) is 9.44. The van der Waals surface area contributed by atoms with Crippen molar-refractivity contribution in [1.82, 2.24) is 0 Å². The second kappa shape index (κ2) is 5.32. The number of rotatable bonds is 1. The van der Waals surface area contributed by atoms with Crippen LogP contribution in [0.3, 0.4) is 0 Å². The molecule has 1 N–H and O–H groups in total. The number of ketones is 1. The van der Waals surface area contributed by atoms with Crippen LogP contribution in [-0.2, 0) is 4.79 Å². The van der Waals surface area contributed by atoms with Crippen LogP contribution in [0.5, 0.6) is 0 Å². The van der Waals surface area contributed by atoms with Gasteiger partial charge >= 0.3 is 0 Å². The number of hydrogen-bond acceptors (Lipinski definition) is 2. The summed E-state index contributed by atoms with van der Waals surface area (Å²) in [6.45, 7) is 8.85. The lowest BCUT2D eigenvalue weighted by Gasteiger charge is -2.61. The van der Waals surface area contributed by atoms with Gasteiger partial charge in [-0.25, -0.2) is 0 Å².